The molecule has 96 valence electrons. The number of benzene rings is 1. The number of anilines is 1. The predicted octanol–water partition coefficient (Wildman–Crippen LogP) is 1.73. The van der Waals surface area contributed by atoms with Crippen LogP contribution in [0, 0.1) is 5.92 Å². The SMILES string of the molecule is CC(CN(C)c1ccc2c(c1)ncn2C)C(=O)O. The fourth-order valence-corrected chi connectivity index (χ4v) is 1.96. The third-order valence-corrected chi connectivity index (χ3v) is 3.12. The first-order chi connectivity index (χ1) is 8.49. The predicted molar refractivity (Wildman–Crippen MR) is 70.8 cm³/mol. The molecule has 0 spiro atoms. The van der Waals surface area contributed by atoms with Crippen molar-refractivity contribution in [3.8, 4) is 0 Å². The van der Waals surface area contributed by atoms with Gasteiger partial charge < -0.3 is 14.6 Å². The number of aryl methyl sites for hydroxylation is 1. The lowest BCUT2D eigenvalue weighted by molar-refractivity contribution is -0.140. The van der Waals surface area contributed by atoms with Crippen LogP contribution in [0.5, 0.6) is 0 Å². The van der Waals surface area contributed by atoms with Crippen molar-refractivity contribution in [3.63, 3.8) is 0 Å². The van der Waals surface area contributed by atoms with Crippen molar-refractivity contribution in [2.75, 3.05) is 18.5 Å². The number of aliphatic carboxylic acids is 1. The molecule has 5 nitrogen and oxygen atoms in total. The molecule has 5 heteroatoms. The molecule has 0 amide bonds. The molecular formula is C13H17N3O2. The van der Waals surface area contributed by atoms with E-state index in [1.54, 1.807) is 13.3 Å². The first-order valence-electron chi connectivity index (χ1n) is 5.84. The van der Waals surface area contributed by atoms with Crippen molar-refractivity contribution >= 4 is 22.7 Å². The van der Waals surface area contributed by atoms with Crippen LogP contribution >= 0.6 is 0 Å². The van der Waals surface area contributed by atoms with Gasteiger partial charge in [-0.1, -0.05) is 6.92 Å². The van der Waals surface area contributed by atoms with E-state index < -0.39 is 11.9 Å². The topological polar surface area (TPSA) is 58.4 Å². The zero-order chi connectivity index (χ0) is 13.3. The van der Waals surface area contributed by atoms with Crippen molar-refractivity contribution in [2.45, 2.75) is 6.92 Å². The first-order valence-corrected chi connectivity index (χ1v) is 5.84. The van der Waals surface area contributed by atoms with Crippen molar-refractivity contribution in [1.82, 2.24) is 9.55 Å². The number of hydrogen-bond acceptors (Lipinski definition) is 3. The smallest absolute Gasteiger partial charge is 0.308 e. The van der Waals surface area contributed by atoms with Gasteiger partial charge in [0.05, 0.1) is 23.3 Å². The van der Waals surface area contributed by atoms with Gasteiger partial charge in [0.2, 0.25) is 0 Å². The van der Waals surface area contributed by atoms with E-state index in [0.29, 0.717) is 6.54 Å². The van der Waals surface area contributed by atoms with Crippen molar-refractivity contribution in [2.24, 2.45) is 13.0 Å². The number of hydrogen-bond donors (Lipinski definition) is 1. The lowest BCUT2D eigenvalue weighted by Crippen LogP contribution is -2.28. The lowest BCUT2D eigenvalue weighted by Gasteiger charge is -2.21. The van der Waals surface area contributed by atoms with Gasteiger partial charge in [-0.2, -0.15) is 0 Å². The third-order valence-electron chi connectivity index (χ3n) is 3.12. The van der Waals surface area contributed by atoms with Gasteiger partial charge in [0.1, 0.15) is 0 Å². The van der Waals surface area contributed by atoms with Crippen LogP contribution in [0.3, 0.4) is 0 Å². The summed E-state index contributed by atoms with van der Waals surface area (Å²) in [6, 6.07) is 5.96. The minimum absolute atomic E-state index is 0.394. The van der Waals surface area contributed by atoms with E-state index in [2.05, 4.69) is 4.98 Å². The summed E-state index contributed by atoms with van der Waals surface area (Å²) >= 11 is 0. The van der Waals surface area contributed by atoms with E-state index in [9.17, 15) is 4.79 Å². The van der Waals surface area contributed by atoms with E-state index in [4.69, 9.17) is 5.11 Å². The number of nitrogens with zero attached hydrogens (tertiary/aromatic N) is 3. The van der Waals surface area contributed by atoms with Crippen molar-refractivity contribution < 1.29 is 9.90 Å². The van der Waals surface area contributed by atoms with Gasteiger partial charge in [0, 0.05) is 26.3 Å². The third kappa shape index (κ3) is 2.30. The Morgan fingerprint density at radius 2 is 2.28 bits per heavy atom. The molecule has 1 heterocycles. The van der Waals surface area contributed by atoms with Gasteiger partial charge in [-0.15, -0.1) is 0 Å². The number of carboxylic acids is 1. The van der Waals surface area contributed by atoms with Crippen molar-refractivity contribution in [3.05, 3.63) is 24.5 Å². The maximum Gasteiger partial charge on any atom is 0.308 e. The molecule has 1 atom stereocenters. The molecule has 0 aliphatic carbocycles. The molecule has 0 fully saturated rings. The van der Waals surface area contributed by atoms with E-state index in [0.717, 1.165) is 16.7 Å². The summed E-state index contributed by atoms with van der Waals surface area (Å²) in [6.07, 6.45) is 1.77. The normalized spacial score (nSPS) is 12.6. The average Bonchev–Trinajstić information content (AvgIpc) is 2.70. The second kappa shape index (κ2) is 4.68. The second-order valence-corrected chi connectivity index (χ2v) is 4.65. The number of carboxylic acid groups (broad SMARTS) is 1. The molecule has 0 aliphatic heterocycles. The highest BCUT2D eigenvalue weighted by Crippen LogP contribution is 2.20. The fraction of sp³-hybridized carbons (Fsp3) is 0.385. The van der Waals surface area contributed by atoms with Crippen LogP contribution in [-0.4, -0.2) is 34.2 Å². The van der Waals surface area contributed by atoms with Gasteiger partial charge in [-0.05, 0) is 18.2 Å². The summed E-state index contributed by atoms with van der Waals surface area (Å²) in [7, 11) is 3.84. The molecule has 2 rings (SSSR count). The van der Waals surface area contributed by atoms with Crippen LogP contribution in [0.2, 0.25) is 0 Å². The molecular weight excluding hydrogens is 230 g/mol. The highest BCUT2D eigenvalue weighted by molar-refractivity contribution is 5.80. The molecule has 0 saturated heterocycles. The molecule has 1 aromatic carbocycles. The van der Waals surface area contributed by atoms with Crippen LogP contribution in [0.4, 0.5) is 5.69 Å². The number of aromatic nitrogens is 2. The largest absolute Gasteiger partial charge is 0.481 e. The van der Waals surface area contributed by atoms with Crippen LogP contribution in [0.25, 0.3) is 11.0 Å². The molecule has 1 N–H and O–H groups in total. The Balaban J connectivity index is 2.22. The number of fused-ring (bicyclic) bond motifs is 1. The van der Waals surface area contributed by atoms with Crippen LogP contribution in [0.15, 0.2) is 24.5 Å². The highest BCUT2D eigenvalue weighted by atomic mass is 16.4. The molecule has 0 aliphatic rings. The van der Waals surface area contributed by atoms with Gasteiger partial charge >= 0.3 is 5.97 Å². The minimum atomic E-state index is -0.777. The Bertz CT molecular complexity index is 577. The van der Waals surface area contributed by atoms with Gasteiger partial charge in [-0.25, -0.2) is 4.98 Å². The van der Waals surface area contributed by atoms with E-state index >= 15 is 0 Å². The minimum Gasteiger partial charge on any atom is -0.481 e. The Labute approximate surface area is 106 Å². The molecule has 0 bridgehead atoms. The molecule has 1 aromatic heterocycles. The number of carbonyl (C=O) groups is 1. The number of imidazole rings is 1. The summed E-state index contributed by atoms with van der Waals surface area (Å²) in [5, 5.41) is 8.91. The van der Waals surface area contributed by atoms with Gasteiger partial charge in [-0.3, -0.25) is 4.79 Å². The van der Waals surface area contributed by atoms with Gasteiger partial charge in [0.15, 0.2) is 0 Å². The molecule has 1 unspecified atom stereocenters. The molecule has 0 radical (unpaired) electrons. The quantitative estimate of drug-likeness (QED) is 0.894. The maximum atomic E-state index is 10.8. The Hall–Kier alpha value is -2.04. The lowest BCUT2D eigenvalue weighted by atomic mass is 10.1. The zero-order valence-corrected chi connectivity index (χ0v) is 10.8. The van der Waals surface area contributed by atoms with E-state index in [1.807, 2.05) is 41.8 Å². The first kappa shape index (κ1) is 12.4. The van der Waals surface area contributed by atoms with Gasteiger partial charge in [0.25, 0.3) is 0 Å². The summed E-state index contributed by atoms with van der Waals surface area (Å²) in [4.78, 5) is 17.1. The van der Waals surface area contributed by atoms with Crippen LogP contribution in [0.1, 0.15) is 6.92 Å². The number of rotatable bonds is 4. The Kier molecular flexibility index (Phi) is 3.23. The standard InChI is InChI=1S/C13H17N3O2/c1-9(13(17)18)7-15(2)10-4-5-12-11(6-10)14-8-16(12)3/h4-6,8-9H,7H2,1-3H3,(H,17,18). The molecule has 18 heavy (non-hydrogen) atoms. The Morgan fingerprint density at radius 1 is 1.56 bits per heavy atom. The summed E-state index contributed by atoms with van der Waals surface area (Å²) < 4.78 is 1.96. The summed E-state index contributed by atoms with van der Waals surface area (Å²) in [6.45, 7) is 2.19. The summed E-state index contributed by atoms with van der Waals surface area (Å²) in [5.41, 5.74) is 2.97. The maximum absolute atomic E-state index is 10.8. The fourth-order valence-electron chi connectivity index (χ4n) is 1.96. The van der Waals surface area contributed by atoms with Crippen LogP contribution in [-0.2, 0) is 11.8 Å². The highest BCUT2D eigenvalue weighted by Gasteiger charge is 2.14. The average molecular weight is 247 g/mol. The molecule has 2 aromatic rings. The molecule has 0 saturated carbocycles. The monoisotopic (exact) mass is 247 g/mol. The van der Waals surface area contributed by atoms with E-state index in [-0.39, 0.29) is 0 Å². The van der Waals surface area contributed by atoms with E-state index in [1.165, 1.54) is 0 Å². The summed E-state index contributed by atoms with van der Waals surface area (Å²) in [5.74, 6) is -1.17. The van der Waals surface area contributed by atoms with Crippen molar-refractivity contribution in [1.29, 1.82) is 0 Å². The second-order valence-electron chi connectivity index (χ2n) is 4.65. The zero-order valence-electron chi connectivity index (χ0n) is 10.8. The Morgan fingerprint density at radius 3 is 2.94 bits per heavy atom. The van der Waals surface area contributed by atoms with Crippen LogP contribution < -0.4 is 4.90 Å².